The minimum absolute atomic E-state index is 0.268. The molecule has 0 amide bonds. The third-order valence-electron chi connectivity index (χ3n) is 2.86. The lowest BCUT2D eigenvalue weighted by Gasteiger charge is -2.08. The van der Waals surface area contributed by atoms with E-state index < -0.39 is 0 Å². The van der Waals surface area contributed by atoms with Gasteiger partial charge in [0.25, 0.3) is 0 Å². The van der Waals surface area contributed by atoms with E-state index in [9.17, 15) is 5.11 Å². The first-order valence-corrected chi connectivity index (χ1v) is 6.68. The predicted molar refractivity (Wildman–Crippen MR) is 74.3 cm³/mol. The molecule has 0 bridgehead atoms. The number of aromatic hydroxyl groups is 1. The Hall–Kier alpha value is -1.52. The van der Waals surface area contributed by atoms with Gasteiger partial charge in [-0.15, -0.1) is 11.3 Å². The molecule has 2 N–H and O–H groups in total. The van der Waals surface area contributed by atoms with Crippen molar-refractivity contribution in [2.75, 3.05) is 7.11 Å². The number of aryl methyl sites for hydroxylation is 1. The molecule has 96 valence electrons. The van der Waals surface area contributed by atoms with Gasteiger partial charge in [0, 0.05) is 29.6 Å². The zero-order chi connectivity index (χ0) is 13.0. The normalized spacial score (nSPS) is 10.6. The minimum Gasteiger partial charge on any atom is -0.507 e. The van der Waals surface area contributed by atoms with Gasteiger partial charge < -0.3 is 15.2 Å². The molecule has 0 radical (unpaired) electrons. The average molecular weight is 263 g/mol. The van der Waals surface area contributed by atoms with Gasteiger partial charge in [0.2, 0.25) is 0 Å². The number of benzene rings is 1. The molecule has 0 saturated carbocycles. The van der Waals surface area contributed by atoms with Crippen LogP contribution in [0.3, 0.4) is 0 Å². The zero-order valence-electron chi connectivity index (χ0n) is 10.6. The van der Waals surface area contributed by atoms with E-state index in [0.717, 1.165) is 12.1 Å². The summed E-state index contributed by atoms with van der Waals surface area (Å²) in [6.45, 7) is 3.58. The average Bonchev–Trinajstić information content (AvgIpc) is 2.77. The van der Waals surface area contributed by atoms with Gasteiger partial charge in [0.15, 0.2) is 0 Å². The molecule has 4 heteroatoms. The molecule has 18 heavy (non-hydrogen) atoms. The molecule has 0 unspecified atom stereocenters. The Morgan fingerprint density at radius 3 is 2.72 bits per heavy atom. The maximum atomic E-state index is 9.82. The number of methoxy groups -OCH3 is 1. The molecule has 0 aliphatic heterocycles. The molecule has 0 atom stereocenters. The molecule has 1 heterocycles. The summed E-state index contributed by atoms with van der Waals surface area (Å²) in [5, 5.41) is 15.2. The SMILES string of the molecule is COc1ccc(CNCc2sccc2C)c(O)c1. The number of rotatable bonds is 5. The smallest absolute Gasteiger partial charge is 0.123 e. The van der Waals surface area contributed by atoms with E-state index in [-0.39, 0.29) is 5.75 Å². The fourth-order valence-electron chi connectivity index (χ4n) is 1.72. The molecule has 1 aromatic heterocycles. The number of hydrogen-bond donors (Lipinski definition) is 2. The second kappa shape index (κ2) is 5.89. The van der Waals surface area contributed by atoms with Crippen LogP contribution < -0.4 is 10.1 Å². The lowest BCUT2D eigenvalue weighted by molar-refractivity contribution is 0.406. The molecule has 2 rings (SSSR count). The van der Waals surface area contributed by atoms with Gasteiger partial charge >= 0.3 is 0 Å². The molecule has 0 aliphatic carbocycles. The van der Waals surface area contributed by atoms with Crippen LogP contribution in [0.5, 0.6) is 11.5 Å². The van der Waals surface area contributed by atoms with Crippen molar-refractivity contribution in [3.8, 4) is 11.5 Å². The molecular formula is C14H17NO2S. The summed E-state index contributed by atoms with van der Waals surface area (Å²) in [5.74, 6) is 0.940. The summed E-state index contributed by atoms with van der Waals surface area (Å²) < 4.78 is 5.05. The van der Waals surface area contributed by atoms with Crippen molar-refractivity contribution in [2.24, 2.45) is 0 Å². The van der Waals surface area contributed by atoms with Crippen LogP contribution >= 0.6 is 11.3 Å². The van der Waals surface area contributed by atoms with Crippen molar-refractivity contribution in [3.05, 3.63) is 45.6 Å². The van der Waals surface area contributed by atoms with Crippen LogP contribution in [0, 0.1) is 6.92 Å². The first-order valence-electron chi connectivity index (χ1n) is 5.80. The summed E-state index contributed by atoms with van der Waals surface area (Å²) in [5.41, 5.74) is 2.19. The monoisotopic (exact) mass is 263 g/mol. The van der Waals surface area contributed by atoms with Crippen molar-refractivity contribution in [2.45, 2.75) is 20.0 Å². The van der Waals surface area contributed by atoms with E-state index in [1.807, 2.05) is 12.1 Å². The van der Waals surface area contributed by atoms with Gasteiger partial charge in [-0.05, 0) is 30.0 Å². The van der Waals surface area contributed by atoms with E-state index in [0.29, 0.717) is 12.3 Å². The number of thiophene rings is 1. The van der Waals surface area contributed by atoms with Gasteiger partial charge in [-0.2, -0.15) is 0 Å². The second-order valence-corrected chi connectivity index (χ2v) is 5.13. The van der Waals surface area contributed by atoms with E-state index in [1.54, 1.807) is 24.5 Å². The number of phenols is 1. The standard InChI is InChI=1S/C14H17NO2S/c1-10-5-6-18-14(10)9-15-8-11-3-4-12(17-2)7-13(11)16/h3-7,15-16H,8-9H2,1-2H3. The van der Waals surface area contributed by atoms with Crippen molar-refractivity contribution < 1.29 is 9.84 Å². The molecule has 2 aromatic rings. The lowest BCUT2D eigenvalue weighted by Crippen LogP contribution is -2.12. The first-order chi connectivity index (χ1) is 8.70. The van der Waals surface area contributed by atoms with E-state index in [4.69, 9.17) is 4.74 Å². The Kier molecular flexibility index (Phi) is 4.23. The molecule has 0 saturated heterocycles. The number of nitrogens with one attached hydrogen (secondary N) is 1. The predicted octanol–water partition coefficient (Wildman–Crippen LogP) is 3.06. The van der Waals surface area contributed by atoms with Gasteiger partial charge in [-0.3, -0.25) is 0 Å². The van der Waals surface area contributed by atoms with Crippen LogP contribution in [-0.4, -0.2) is 12.2 Å². The fourth-order valence-corrected chi connectivity index (χ4v) is 2.59. The van der Waals surface area contributed by atoms with Crippen molar-refractivity contribution in [3.63, 3.8) is 0 Å². The molecule has 3 nitrogen and oxygen atoms in total. The summed E-state index contributed by atoms with van der Waals surface area (Å²) in [7, 11) is 1.59. The Balaban J connectivity index is 1.92. The highest BCUT2D eigenvalue weighted by Gasteiger charge is 2.04. The van der Waals surface area contributed by atoms with Crippen LogP contribution in [0.15, 0.2) is 29.6 Å². The summed E-state index contributed by atoms with van der Waals surface area (Å²) in [6, 6.07) is 7.48. The molecule has 0 aliphatic rings. The molecular weight excluding hydrogens is 246 g/mol. The Bertz CT molecular complexity index is 522. The van der Waals surface area contributed by atoms with Crippen LogP contribution in [0.1, 0.15) is 16.0 Å². The highest BCUT2D eigenvalue weighted by molar-refractivity contribution is 7.10. The second-order valence-electron chi connectivity index (χ2n) is 4.12. The Morgan fingerprint density at radius 1 is 1.28 bits per heavy atom. The van der Waals surface area contributed by atoms with E-state index >= 15 is 0 Å². The number of phenolic OH excluding ortho intramolecular Hbond substituents is 1. The molecule has 0 fully saturated rings. The highest BCUT2D eigenvalue weighted by atomic mass is 32.1. The number of hydrogen-bond acceptors (Lipinski definition) is 4. The zero-order valence-corrected chi connectivity index (χ0v) is 11.4. The maximum Gasteiger partial charge on any atom is 0.123 e. The lowest BCUT2D eigenvalue weighted by atomic mass is 10.2. The van der Waals surface area contributed by atoms with Crippen LogP contribution in [0.25, 0.3) is 0 Å². The summed E-state index contributed by atoms with van der Waals surface area (Å²) in [4.78, 5) is 1.34. The largest absolute Gasteiger partial charge is 0.507 e. The third kappa shape index (κ3) is 3.03. The molecule has 1 aromatic carbocycles. The van der Waals surface area contributed by atoms with Gasteiger partial charge in [-0.25, -0.2) is 0 Å². The third-order valence-corrected chi connectivity index (χ3v) is 3.88. The van der Waals surface area contributed by atoms with Gasteiger partial charge in [0.05, 0.1) is 7.11 Å². The van der Waals surface area contributed by atoms with Gasteiger partial charge in [-0.1, -0.05) is 6.07 Å². The fraction of sp³-hybridized carbons (Fsp3) is 0.286. The first kappa shape index (κ1) is 12.9. The van der Waals surface area contributed by atoms with E-state index in [2.05, 4.69) is 23.7 Å². The number of ether oxygens (including phenoxy) is 1. The molecule has 0 spiro atoms. The van der Waals surface area contributed by atoms with Crippen molar-refractivity contribution >= 4 is 11.3 Å². The topological polar surface area (TPSA) is 41.5 Å². The summed E-state index contributed by atoms with van der Waals surface area (Å²) in [6.07, 6.45) is 0. The van der Waals surface area contributed by atoms with Crippen molar-refractivity contribution in [1.29, 1.82) is 0 Å². The minimum atomic E-state index is 0.268. The quantitative estimate of drug-likeness (QED) is 0.871. The van der Waals surface area contributed by atoms with Crippen LogP contribution in [-0.2, 0) is 13.1 Å². The van der Waals surface area contributed by atoms with Crippen LogP contribution in [0.2, 0.25) is 0 Å². The Labute approximate surface area is 111 Å². The highest BCUT2D eigenvalue weighted by Crippen LogP contribution is 2.23. The van der Waals surface area contributed by atoms with Crippen LogP contribution in [0.4, 0.5) is 0 Å². The van der Waals surface area contributed by atoms with Crippen molar-refractivity contribution in [1.82, 2.24) is 5.32 Å². The Morgan fingerprint density at radius 2 is 2.11 bits per heavy atom. The van der Waals surface area contributed by atoms with Gasteiger partial charge in [0.1, 0.15) is 11.5 Å². The van der Waals surface area contributed by atoms with E-state index in [1.165, 1.54) is 10.4 Å². The maximum absolute atomic E-state index is 9.82. The summed E-state index contributed by atoms with van der Waals surface area (Å²) >= 11 is 1.75.